The monoisotopic (exact) mass is 280 g/mol. The van der Waals surface area contributed by atoms with Gasteiger partial charge in [0.15, 0.2) is 11.5 Å². The average molecular weight is 280 g/mol. The Hall–Kier alpha value is -1.95. The van der Waals surface area contributed by atoms with Crippen LogP contribution in [0.3, 0.4) is 0 Å². The van der Waals surface area contributed by atoms with Gasteiger partial charge in [0.05, 0.1) is 20.3 Å². The second-order valence-corrected chi connectivity index (χ2v) is 4.54. The third-order valence-corrected chi connectivity index (χ3v) is 3.16. The molecule has 1 aromatic rings. The number of hydrogen-bond acceptors (Lipinski definition) is 4. The minimum Gasteiger partial charge on any atom is -0.493 e. The van der Waals surface area contributed by atoms with Gasteiger partial charge in [0.1, 0.15) is 0 Å². The van der Waals surface area contributed by atoms with Crippen LogP contribution in [0, 0.1) is 0 Å². The van der Waals surface area contributed by atoms with Crippen molar-refractivity contribution in [3.8, 4) is 11.5 Å². The van der Waals surface area contributed by atoms with Crippen LogP contribution in [0.15, 0.2) is 18.2 Å². The van der Waals surface area contributed by atoms with Gasteiger partial charge in [0, 0.05) is 24.9 Å². The molecule has 1 fully saturated rings. The summed E-state index contributed by atoms with van der Waals surface area (Å²) in [4.78, 5) is 11.8. The zero-order valence-electron chi connectivity index (χ0n) is 11.8. The molecule has 1 heterocycles. The van der Waals surface area contributed by atoms with Crippen molar-refractivity contribution in [3.05, 3.63) is 18.2 Å². The van der Waals surface area contributed by atoms with Gasteiger partial charge < -0.3 is 24.8 Å². The lowest BCUT2D eigenvalue weighted by Gasteiger charge is -2.13. The number of benzene rings is 1. The maximum atomic E-state index is 11.8. The molecule has 0 aliphatic carbocycles. The summed E-state index contributed by atoms with van der Waals surface area (Å²) >= 11 is 0. The lowest BCUT2D eigenvalue weighted by molar-refractivity contribution is 0.112. The number of carbonyl (C=O) groups excluding carboxylic acids is 1. The Labute approximate surface area is 118 Å². The molecular weight excluding hydrogens is 260 g/mol. The van der Waals surface area contributed by atoms with Crippen LogP contribution in [0.2, 0.25) is 0 Å². The normalized spacial score (nSPS) is 17.6. The maximum absolute atomic E-state index is 11.8. The number of nitrogens with one attached hydrogen (secondary N) is 2. The van der Waals surface area contributed by atoms with Gasteiger partial charge in [-0.1, -0.05) is 0 Å². The molecule has 0 saturated carbocycles. The number of rotatable bonds is 5. The Morgan fingerprint density at radius 2 is 2.15 bits per heavy atom. The number of ether oxygens (including phenoxy) is 3. The summed E-state index contributed by atoms with van der Waals surface area (Å²) in [6.07, 6.45) is 2.19. The first-order chi connectivity index (χ1) is 9.72. The fourth-order valence-electron chi connectivity index (χ4n) is 2.10. The Morgan fingerprint density at radius 3 is 2.80 bits per heavy atom. The number of carbonyl (C=O) groups is 1. The molecule has 6 heteroatoms. The molecule has 0 radical (unpaired) electrons. The number of hydrogen-bond donors (Lipinski definition) is 2. The molecular formula is C14H20N2O4. The Kier molecular flexibility index (Phi) is 5.06. The summed E-state index contributed by atoms with van der Waals surface area (Å²) in [6, 6.07) is 4.96. The molecule has 20 heavy (non-hydrogen) atoms. The molecule has 1 aliphatic rings. The van der Waals surface area contributed by atoms with Gasteiger partial charge in [-0.15, -0.1) is 0 Å². The fraction of sp³-hybridized carbons (Fsp3) is 0.500. The van der Waals surface area contributed by atoms with Crippen molar-refractivity contribution < 1.29 is 19.0 Å². The van der Waals surface area contributed by atoms with Gasteiger partial charge in [-0.25, -0.2) is 4.79 Å². The van der Waals surface area contributed by atoms with Crippen LogP contribution in [0.1, 0.15) is 12.8 Å². The van der Waals surface area contributed by atoms with E-state index in [4.69, 9.17) is 14.2 Å². The van der Waals surface area contributed by atoms with Crippen LogP contribution in [0.25, 0.3) is 0 Å². The van der Waals surface area contributed by atoms with Gasteiger partial charge in [0.2, 0.25) is 0 Å². The zero-order chi connectivity index (χ0) is 14.4. The summed E-state index contributed by atoms with van der Waals surface area (Å²) in [5.74, 6) is 1.20. The van der Waals surface area contributed by atoms with Crippen molar-refractivity contribution in [1.29, 1.82) is 0 Å². The van der Waals surface area contributed by atoms with Crippen LogP contribution in [0.4, 0.5) is 10.5 Å². The van der Waals surface area contributed by atoms with Gasteiger partial charge >= 0.3 is 6.03 Å². The predicted octanol–water partition coefficient (Wildman–Crippen LogP) is 2.00. The van der Waals surface area contributed by atoms with Crippen molar-refractivity contribution >= 4 is 11.7 Å². The van der Waals surface area contributed by atoms with Crippen molar-refractivity contribution in [2.75, 3.05) is 32.7 Å². The molecule has 6 nitrogen and oxygen atoms in total. The minimum absolute atomic E-state index is 0.131. The van der Waals surface area contributed by atoms with E-state index in [0.29, 0.717) is 23.7 Å². The first-order valence-electron chi connectivity index (χ1n) is 6.61. The van der Waals surface area contributed by atoms with E-state index in [-0.39, 0.29) is 12.1 Å². The second-order valence-electron chi connectivity index (χ2n) is 4.54. The highest BCUT2D eigenvalue weighted by molar-refractivity contribution is 5.89. The lowest BCUT2D eigenvalue weighted by Crippen LogP contribution is -2.35. The van der Waals surface area contributed by atoms with E-state index >= 15 is 0 Å². The summed E-state index contributed by atoms with van der Waals surface area (Å²) in [6.45, 7) is 1.31. The highest BCUT2D eigenvalue weighted by Crippen LogP contribution is 2.29. The van der Waals surface area contributed by atoms with Gasteiger partial charge in [-0.05, 0) is 25.0 Å². The van der Waals surface area contributed by atoms with E-state index in [1.165, 1.54) is 0 Å². The first kappa shape index (κ1) is 14.5. The average Bonchev–Trinajstić information content (AvgIpc) is 2.98. The Balaban J connectivity index is 1.86. The molecule has 0 bridgehead atoms. The molecule has 1 atom stereocenters. The standard InChI is InChI=1S/C14H20N2O4/c1-18-12-6-5-10(8-13(12)19-2)16-14(17)15-9-11-4-3-7-20-11/h5-6,8,11H,3-4,7,9H2,1-2H3,(H2,15,16,17). The minimum atomic E-state index is -0.257. The number of methoxy groups -OCH3 is 2. The van der Waals surface area contributed by atoms with Crippen molar-refractivity contribution in [1.82, 2.24) is 5.32 Å². The Morgan fingerprint density at radius 1 is 1.35 bits per heavy atom. The number of anilines is 1. The number of amides is 2. The van der Waals surface area contributed by atoms with Gasteiger partial charge in [0.25, 0.3) is 0 Å². The van der Waals surface area contributed by atoms with E-state index < -0.39 is 0 Å². The second kappa shape index (κ2) is 7.00. The molecule has 1 saturated heterocycles. The van der Waals surface area contributed by atoms with E-state index in [1.54, 1.807) is 32.4 Å². The summed E-state index contributed by atoms with van der Waals surface area (Å²) in [5, 5.41) is 5.54. The first-order valence-corrected chi connectivity index (χ1v) is 6.61. The summed E-state index contributed by atoms with van der Waals surface area (Å²) in [5.41, 5.74) is 0.646. The van der Waals surface area contributed by atoms with Crippen LogP contribution in [0.5, 0.6) is 11.5 Å². The van der Waals surface area contributed by atoms with Gasteiger partial charge in [-0.2, -0.15) is 0 Å². The molecule has 110 valence electrons. The molecule has 1 aromatic carbocycles. The third kappa shape index (κ3) is 3.77. The van der Waals surface area contributed by atoms with E-state index in [0.717, 1.165) is 19.4 Å². The summed E-state index contributed by atoms with van der Waals surface area (Å²) in [7, 11) is 3.12. The van der Waals surface area contributed by atoms with Crippen LogP contribution >= 0.6 is 0 Å². The highest BCUT2D eigenvalue weighted by Gasteiger charge is 2.16. The molecule has 2 N–H and O–H groups in total. The lowest BCUT2D eigenvalue weighted by atomic mass is 10.2. The Bertz CT molecular complexity index is 458. The molecule has 2 rings (SSSR count). The molecule has 2 amide bonds. The van der Waals surface area contributed by atoms with Crippen molar-refractivity contribution in [2.45, 2.75) is 18.9 Å². The van der Waals surface area contributed by atoms with Gasteiger partial charge in [-0.3, -0.25) is 0 Å². The highest BCUT2D eigenvalue weighted by atomic mass is 16.5. The van der Waals surface area contributed by atoms with Crippen LogP contribution in [-0.4, -0.2) is 39.5 Å². The molecule has 1 aliphatic heterocycles. The smallest absolute Gasteiger partial charge is 0.319 e. The van der Waals surface area contributed by atoms with E-state index in [1.807, 2.05) is 0 Å². The molecule has 1 unspecified atom stereocenters. The molecule has 0 aromatic heterocycles. The van der Waals surface area contributed by atoms with Crippen molar-refractivity contribution in [3.63, 3.8) is 0 Å². The zero-order valence-corrected chi connectivity index (χ0v) is 11.8. The topological polar surface area (TPSA) is 68.8 Å². The largest absolute Gasteiger partial charge is 0.493 e. The third-order valence-electron chi connectivity index (χ3n) is 3.16. The SMILES string of the molecule is COc1ccc(NC(=O)NCC2CCCO2)cc1OC. The maximum Gasteiger partial charge on any atom is 0.319 e. The van der Waals surface area contributed by atoms with Crippen LogP contribution in [-0.2, 0) is 4.74 Å². The quantitative estimate of drug-likeness (QED) is 0.865. The van der Waals surface area contributed by atoms with Crippen molar-refractivity contribution in [2.24, 2.45) is 0 Å². The van der Waals surface area contributed by atoms with E-state index in [9.17, 15) is 4.79 Å². The molecule has 0 spiro atoms. The summed E-state index contributed by atoms with van der Waals surface area (Å²) < 4.78 is 15.8. The van der Waals surface area contributed by atoms with E-state index in [2.05, 4.69) is 10.6 Å². The number of urea groups is 1. The fourth-order valence-corrected chi connectivity index (χ4v) is 2.10. The van der Waals surface area contributed by atoms with Crippen LogP contribution < -0.4 is 20.1 Å². The predicted molar refractivity (Wildman–Crippen MR) is 75.5 cm³/mol.